The van der Waals surface area contributed by atoms with Gasteiger partial charge in [0.2, 0.25) is 11.8 Å². The van der Waals surface area contributed by atoms with Crippen molar-refractivity contribution in [3.8, 4) is 11.5 Å². The molecule has 1 fully saturated rings. The molecule has 5 aromatic rings. The number of rotatable bonds is 14. The Labute approximate surface area is 321 Å². The fourth-order valence-corrected chi connectivity index (χ4v) is 8.23. The third kappa shape index (κ3) is 10.1. The van der Waals surface area contributed by atoms with Gasteiger partial charge in [-0.1, -0.05) is 114 Å². The third-order valence-corrected chi connectivity index (χ3v) is 11.8. The molecule has 1 aliphatic carbocycles. The van der Waals surface area contributed by atoms with Crippen LogP contribution in [0.4, 0.5) is 5.69 Å². The number of benzene rings is 5. The van der Waals surface area contributed by atoms with Crippen LogP contribution in [0.15, 0.2) is 143 Å². The van der Waals surface area contributed by atoms with Gasteiger partial charge in [0.1, 0.15) is 24.1 Å². The molecule has 1 aliphatic rings. The number of aryl methyl sites for hydroxylation is 1. The van der Waals surface area contributed by atoms with Gasteiger partial charge in [-0.05, 0) is 91.6 Å². The van der Waals surface area contributed by atoms with E-state index < -0.39 is 28.5 Å². The molecule has 0 unspecified atom stereocenters. The molecule has 1 atom stereocenters. The van der Waals surface area contributed by atoms with Crippen LogP contribution in [-0.4, -0.2) is 43.8 Å². The summed E-state index contributed by atoms with van der Waals surface area (Å²) < 4.78 is 36.9. The summed E-state index contributed by atoms with van der Waals surface area (Å²) in [6.45, 7) is 1.45. The molecule has 10 heteroatoms. The number of hydrogen-bond donors (Lipinski definition) is 1. The van der Waals surface area contributed by atoms with Gasteiger partial charge in [-0.15, -0.1) is 0 Å². The minimum atomic E-state index is -4.24. The summed E-state index contributed by atoms with van der Waals surface area (Å²) in [5.41, 5.74) is 2.89. The highest BCUT2D eigenvalue weighted by molar-refractivity contribution is 9.10. The van der Waals surface area contributed by atoms with Crippen LogP contribution >= 0.6 is 15.9 Å². The van der Waals surface area contributed by atoms with Gasteiger partial charge in [0.25, 0.3) is 10.0 Å². The highest BCUT2D eigenvalue weighted by atomic mass is 79.9. The normalized spacial score (nSPS) is 13.8. The largest absolute Gasteiger partial charge is 0.457 e. The Morgan fingerprint density at radius 3 is 2.00 bits per heavy atom. The average molecular weight is 795 g/mol. The predicted octanol–water partition coefficient (Wildman–Crippen LogP) is 8.83. The van der Waals surface area contributed by atoms with Crippen molar-refractivity contribution < 1.29 is 22.7 Å². The van der Waals surface area contributed by atoms with E-state index in [1.807, 2.05) is 91.9 Å². The van der Waals surface area contributed by atoms with Crippen molar-refractivity contribution in [2.24, 2.45) is 0 Å². The van der Waals surface area contributed by atoms with E-state index in [1.165, 1.54) is 0 Å². The third-order valence-electron chi connectivity index (χ3n) is 9.48. The number of anilines is 1. The Hall–Kier alpha value is -4.93. The van der Waals surface area contributed by atoms with E-state index in [0.29, 0.717) is 11.5 Å². The minimum absolute atomic E-state index is 0.0224. The van der Waals surface area contributed by atoms with Crippen molar-refractivity contribution in [1.29, 1.82) is 0 Å². The predicted molar refractivity (Wildman–Crippen MR) is 212 cm³/mol. The smallest absolute Gasteiger partial charge is 0.264 e. The quantitative estimate of drug-likeness (QED) is 0.121. The number of halogens is 1. The molecular weight excluding hydrogens is 750 g/mol. The van der Waals surface area contributed by atoms with Crippen molar-refractivity contribution >= 4 is 43.5 Å². The van der Waals surface area contributed by atoms with Crippen molar-refractivity contribution in [3.05, 3.63) is 155 Å². The number of carbonyl (C=O) groups excluding carboxylic acids is 2. The van der Waals surface area contributed by atoms with Gasteiger partial charge in [-0.3, -0.25) is 13.9 Å². The summed E-state index contributed by atoms with van der Waals surface area (Å²) in [7, 11) is -4.24. The Kier molecular flexibility index (Phi) is 12.6. The lowest BCUT2D eigenvalue weighted by Crippen LogP contribution is -2.55. The molecule has 0 bridgehead atoms. The van der Waals surface area contributed by atoms with E-state index in [9.17, 15) is 18.0 Å². The number of nitrogens with one attached hydrogen (secondary N) is 1. The van der Waals surface area contributed by atoms with Crippen LogP contribution in [0.1, 0.15) is 48.8 Å². The maximum Gasteiger partial charge on any atom is 0.264 e. The van der Waals surface area contributed by atoms with Crippen molar-refractivity contribution in [2.75, 3.05) is 10.8 Å². The summed E-state index contributed by atoms with van der Waals surface area (Å²) in [4.78, 5) is 30.8. The lowest BCUT2D eigenvalue weighted by atomic mass is 9.94. The molecule has 0 aliphatic heterocycles. The summed E-state index contributed by atoms with van der Waals surface area (Å²) >= 11 is 3.50. The van der Waals surface area contributed by atoms with Crippen LogP contribution in [-0.2, 0) is 32.6 Å². The monoisotopic (exact) mass is 793 g/mol. The van der Waals surface area contributed by atoms with Gasteiger partial charge < -0.3 is 15.0 Å². The number of amides is 2. The molecule has 274 valence electrons. The van der Waals surface area contributed by atoms with E-state index in [-0.39, 0.29) is 35.5 Å². The lowest BCUT2D eigenvalue weighted by Gasteiger charge is -2.35. The topological polar surface area (TPSA) is 96.0 Å². The van der Waals surface area contributed by atoms with Gasteiger partial charge in [0, 0.05) is 23.5 Å². The van der Waals surface area contributed by atoms with E-state index in [1.54, 1.807) is 53.4 Å². The maximum atomic E-state index is 14.9. The fourth-order valence-electron chi connectivity index (χ4n) is 6.56. The SMILES string of the molecule is Cc1ccc(S(=O)(=O)N(CC(=O)N(Cc2ccc(Br)cc2)[C@@H](Cc2ccccc2)C(=O)NC2CCCCC2)c2ccc(Oc3ccccc3)cc2)cc1. The van der Waals surface area contributed by atoms with Crippen LogP contribution in [0.2, 0.25) is 0 Å². The highest BCUT2D eigenvalue weighted by Gasteiger charge is 2.35. The van der Waals surface area contributed by atoms with E-state index >= 15 is 0 Å². The van der Waals surface area contributed by atoms with Gasteiger partial charge in [0.05, 0.1) is 10.6 Å². The van der Waals surface area contributed by atoms with E-state index in [0.717, 1.165) is 57.6 Å². The molecule has 5 aromatic carbocycles. The summed E-state index contributed by atoms with van der Waals surface area (Å²) in [5.74, 6) is 0.395. The van der Waals surface area contributed by atoms with Gasteiger partial charge in [0.15, 0.2) is 0 Å². The van der Waals surface area contributed by atoms with Crippen LogP contribution in [0.3, 0.4) is 0 Å². The number of hydrogen-bond acceptors (Lipinski definition) is 5. The molecule has 53 heavy (non-hydrogen) atoms. The molecule has 1 saturated carbocycles. The molecule has 0 radical (unpaired) electrons. The van der Waals surface area contributed by atoms with Crippen LogP contribution in [0.25, 0.3) is 0 Å². The fraction of sp³-hybridized carbons (Fsp3) is 0.256. The molecule has 0 aromatic heterocycles. The van der Waals surface area contributed by atoms with E-state index in [2.05, 4.69) is 21.2 Å². The van der Waals surface area contributed by atoms with Crippen LogP contribution < -0.4 is 14.4 Å². The number of ether oxygens (including phenoxy) is 1. The molecule has 6 rings (SSSR count). The maximum absolute atomic E-state index is 14.9. The first-order valence-electron chi connectivity index (χ1n) is 18.0. The number of nitrogens with zero attached hydrogens (tertiary/aromatic N) is 2. The first-order valence-corrected chi connectivity index (χ1v) is 20.2. The minimum Gasteiger partial charge on any atom is -0.457 e. The second-order valence-electron chi connectivity index (χ2n) is 13.4. The zero-order chi connectivity index (χ0) is 37.2. The van der Waals surface area contributed by atoms with Crippen LogP contribution in [0.5, 0.6) is 11.5 Å². The van der Waals surface area contributed by atoms with Gasteiger partial charge in [-0.25, -0.2) is 8.42 Å². The van der Waals surface area contributed by atoms with E-state index in [4.69, 9.17) is 4.74 Å². The number of sulfonamides is 1. The second kappa shape index (κ2) is 17.7. The lowest BCUT2D eigenvalue weighted by molar-refractivity contribution is -0.140. The van der Waals surface area contributed by atoms with Crippen molar-refractivity contribution in [3.63, 3.8) is 0 Å². The Morgan fingerprint density at radius 2 is 1.36 bits per heavy atom. The van der Waals surface area contributed by atoms with Gasteiger partial charge in [-0.2, -0.15) is 0 Å². The molecule has 0 saturated heterocycles. The van der Waals surface area contributed by atoms with Crippen molar-refractivity contribution in [1.82, 2.24) is 10.2 Å². The van der Waals surface area contributed by atoms with Gasteiger partial charge >= 0.3 is 0 Å². The first-order chi connectivity index (χ1) is 25.7. The second-order valence-corrected chi connectivity index (χ2v) is 16.2. The summed E-state index contributed by atoms with van der Waals surface area (Å²) in [6, 6.07) is 38.8. The summed E-state index contributed by atoms with van der Waals surface area (Å²) in [6.07, 6.45) is 5.25. The average Bonchev–Trinajstić information content (AvgIpc) is 3.17. The number of carbonyl (C=O) groups is 2. The molecule has 0 heterocycles. The molecule has 8 nitrogen and oxygen atoms in total. The number of para-hydroxylation sites is 1. The van der Waals surface area contributed by atoms with Crippen molar-refractivity contribution in [2.45, 2.75) is 69.0 Å². The Bertz CT molecular complexity index is 2060. The standard InChI is InChI=1S/C43H44BrN3O5S/c1-32-17-27-40(28-18-32)53(50,51)47(37-23-25-39(26-24-37)52-38-15-9-4-10-16-38)31-42(48)46(30-34-19-21-35(44)22-20-34)41(29-33-11-5-2-6-12-33)43(49)45-36-13-7-3-8-14-36/h2,4-6,9-12,15-28,36,41H,3,7-8,13-14,29-31H2,1H3,(H,45,49)/t41-/m0/s1. The summed E-state index contributed by atoms with van der Waals surface area (Å²) in [5, 5.41) is 3.26. The van der Waals surface area contributed by atoms with Crippen LogP contribution in [0, 0.1) is 6.92 Å². The molecular formula is C43H44BrN3O5S. The zero-order valence-electron chi connectivity index (χ0n) is 29.7. The Balaban J connectivity index is 1.38. The highest BCUT2D eigenvalue weighted by Crippen LogP contribution is 2.29. The Morgan fingerprint density at radius 1 is 0.755 bits per heavy atom. The molecule has 0 spiro atoms. The molecule has 1 N–H and O–H groups in total. The zero-order valence-corrected chi connectivity index (χ0v) is 32.1. The first kappa shape index (κ1) is 37.8. The molecule has 2 amide bonds.